The van der Waals surface area contributed by atoms with Gasteiger partial charge >= 0.3 is 0 Å². The van der Waals surface area contributed by atoms with Gasteiger partial charge < -0.3 is 5.32 Å². The summed E-state index contributed by atoms with van der Waals surface area (Å²) in [5.41, 5.74) is 4.88. The Bertz CT molecular complexity index is 801. The van der Waals surface area contributed by atoms with E-state index in [9.17, 15) is 4.79 Å². The summed E-state index contributed by atoms with van der Waals surface area (Å²) in [7, 11) is 0. The third-order valence-corrected chi connectivity index (χ3v) is 3.76. The summed E-state index contributed by atoms with van der Waals surface area (Å²) >= 11 is 0. The van der Waals surface area contributed by atoms with Crippen molar-refractivity contribution in [1.82, 2.24) is 30.7 Å². The lowest BCUT2D eigenvalue weighted by atomic mass is 10.1. The minimum Gasteiger partial charge on any atom is -0.344 e. The number of rotatable bonds is 4. The molecule has 0 aliphatic rings. The molecule has 1 amide bonds. The summed E-state index contributed by atoms with van der Waals surface area (Å²) in [6.45, 7) is 5.79. The van der Waals surface area contributed by atoms with Gasteiger partial charge in [-0.05, 0) is 39.0 Å². The fraction of sp³-hybridized carbons (Fsp3) is 0.250. The van der Waals surface area contributed by atoms with Crippen LogP contribution in [-0.2, 0) is 0 Å². The number of aromatic nitrogens is 5. The number of carbonyl (C=O) groups is 1. The molecule has 0 radical (unpaired) electrons. The zero-order chi connectivity index (χ0) is 16.4. The number of H-pyrrole nitrogens is 2. The Morgan fingerprint density at radius 3 is 2.57 bits per heavy atom. The average molecular weight is 310 g/mol. The van der Waals surface area contributed by atoms with E-state index in [0.717, 1.165) is 22.5 Å². The molecular weight excluding hydrogens is 292 g/mol. The Hall–Kier alpha value is -2.96. The predicted molar refractivity (Wildman–Crippen MR) is 85.8 cm³/mol. The molecule has 3 rings (SSSR count). The molecule has 0 saturated heterocycles. The van der Waals surface area contributed by atoms with Crippen LogP contribution in [0.1, 0.15) is 40.4 Å². The summed E-state index contributed by atoms with van der Waals surface area (Å²) in [4.78, 5) is 16.4. The molecule has 3 aromatic heterocycles. The minimum absolute atomic E-state index is 0.145. The third-order valence-electron chi connectivity index (χ3n) is 3.76. The first-order chi connectivity index (χ1) is 11.1. The molecular formula is C16H18N6O. The SMILES string of the molecule is Cc1n[nH]c(C)c1C(C)NC(=O)c1cc(-c2ccncc2)n[nH]1. The van der Waals surface area contributed by atoms with E-state index in [2.05, 4.69) is 30.7 Å². The maximum atomic E-state index is 12.4. The van der Waals surface area contributed by atoms with E-state index in [1.165, 1.54) is 0 Å². The van der Waals surface area contributed by atoms with Crippen LogP contribution in [0.5, 0.6) is 0 Å². The van der Waals surface area contributed by atoms with Gasteiger partial charge in [-0.3, -0.25) is 20.0 Å². The second-order valence-electron chi connectivity index (χ2n) is 5.45. The van der Waals surface area contributed by atoms with Crippen molar-refractivity contribution in [1.29, 1.82) is 0 Å². The van der Waals surface area contributed by atoms with Crippen LogP contribution in [0.4, 0.5) is 0 Å². The van der Waals surface area contributed by atoms with E-state index >= 15 is 0 Å². The molecule has 0 fully saturated rings. The van der Waals surface area contributed by atoms with Crippen molar-refractivity contribution in [2.45, 2.75) is 26.8 Å². The third kappa shape index (κ3) is 2.98. The van der Waals surface area contributed by atoms with Crippen LogP contribution < -0.4 is 5.32 Å². The van der Waals surface area contributed by atoms with Crippen molar-refractivity contribution in [3.8, 4) is 11.3 Å². The number of hydrogen-bond acceptors (Lipinski definition) is 4. The summed E-state index contributed by atoms with van der Waals surface area (Å²) in [6.07, 6.45) is 3.38. The molecule has 3 N–H and O–H groups in total. The van der Waals surface area contributed by atoms with E-state index in [-0.39, 0.29) is 11.9 Å². The highest BCUT2D eigenvalue weighted by atomic mass is 16.2. The summed E-state index contributed by atoms with van der Waals surface area (Å²) in [5, 5.41) is 17.0. The number of carbonyl (C=O) groups excluding carboxylic acids is 1. The maximum Gasteiger partial charge on any atom is 0.269 e. The summed E-state index contributed by atoms with van der Waals surface area (Å²) < 4.78 is 0. The van der Waals surface area contributed by atoms with Crippen LogP contribution in [0.25, 0.3) is 11.3 Å². The fourth-order valence-corrected chi connectivity index (χ4v) is 2.65. The predicted octanol–water partition coefficient (Wildman–Crippen LogP) is 2.30. The Morgan fingerprint density at radius 2 is 1.91 bits per heavy atom. The van der Waals surface area contributed by atoms with Crippen molar-refractivity contribution in [2.24, 2.45) is 0 Å². The van der Waals surface area contributed by atoms with Crippen LogP contribution in [-0.4, -0.2) is 31.3 Å². The molecule has 3 aromatic rings. The molecule has 0 aliphatic heterocycles. The van der Waals surface area contributed by atoms with Crippen LogP contribution in [0.2, 0.25) is 0 Å². The highest BCUT2D eigenvalue weighted by molar-refractivity contribution is 5.93. The molecule has 0 aromatic carbocycles. The van der Waals surface area contributed by atoms with Gasteiger partial charge in [0, 0.05) is 29.2 Å². The Morgan fingerprint density at radius 1 is 1.17 bits per heavy atom. The second-order valence-corrected chi connectivity index (χ2v) is 5.45. The smallest absolute Gasteiger partial charge is 0.269 e. The van der Waals surface area contributed by atoms with Gasteiger partial charge in [0.2, 0.25) is 0 Å². The highest BCUT2D eigenvalue weighted by Gasteiger charge is 2.18. The van der Waals surface area contributed by atoms with Crippen LogP contribution in [0.3, 0.4) is 0 Å². The molecule has 1 atom stereocenters. The van der Waals surface area contributed by atoms with E-state index in [0.29, 0.717) is 11.4 Å². The summed E-state index contributed by atoms with van der Waals surface area (Å²) in [6, 6.07) is 5.28. The van der Waals surface area contributed by atoms with E-state index < -0.39 is 0 Å². The van der Waals surface area contributed by atoms with Gasteiger partial charge in [-0.25, -0.2) is 0 Å². The van der Waals surface area contributed by atoms with Crippen molar-refractivity contribution in [3.63, 3.8) is 0 Å². The molecule has 0 saturated carbocycles. The van der Waals surface area contributed by atoms with Gasteiger partial charge in [-0.2, -0.15) is 10.2 Å². The summed E-state index contributed by atoms with van der Waals surface area (Å²) in [5.74, 6) is -0.203. The number of amides is 1. The van der Waals surface area contributed by atoms with Crippen molar-refractivity contribution in [3.05, 3.63) is 53.2 Å². The first-order valence-corrected chi connectivity index (χ1v) is 7.34. The lowest BCUT2D eigenvalue weighted by Crippen LogP contribution is -2.27. The van der Waals surface area contributed by atoms with Crippen molar-refractivity contribution in [2.75, 3.05) is 0 Å². The van der Waals surface area contributed by atoms with E-state index in [1.54, 1.807) is 18.5 Å². The van der Waals surface area contributed by atoms with Crippen LogP contribution in [0.15, 0.2) is 30.6 Å². The Labute approximate surface area is 133 Å². The molecule has 0 spiro atoms. The highest BCUT2D eigenvalue weighted by Crippen LogP contribution is 2.20. The first kappa shape index (κ1) is 15.0. The average Bonchev–Trinajstić information content (AvgIpc) is 3.15. The lowest BCUT2D eigenvalue weighted by Gasteiger charge is -2.13. The monoisotopic (exact) mass is 310 g/mol. The minimum atomic E-state index is -0.203. The van der Waals surface area contributed by atoms with Gasteiger partial charge in [-0.1, -0.05) is 0 Å². The van der Waals surface area contributed by atoms with Crippen molar-refractivity contribution < 1.29 is 4.79 Å². The standard InChI is InChI=1S/C16H18N6O/c1-9(15-10(2)19-20-11(15)3)18-16(23)14-8-13(21-22-14)12-4-6-17-7-5-12/h4-9H,1-3H3,(H,18,23)(H,19,20)(H,21,22). The number of nitrogens with one attached hydrogen (secondary N) is 3. The van der Waals surface area contributed by atoms with E-state index in [1.807, 2.05) is 32.9 Å². The number of hydrogen-bond donors (Lipinski definition) is 3. The van der Waals surface area contributed by atoms with Crippen LogP contribution in [0, 0.1) is 13.8 Å². The second kappa shape index (κ2) is 6.04. The van der Waals surface area contributed by atoms with Gasteiger partial charge in [0.05, 0.1) is 17.4 Å². The van der Waals surface area contributed by atoms with Gasteiger partial charge in [0.25, 0.3) is 5.91 Å². The number of aromatic amines is 2. The number of aryl methyl sites for hydroxylation is 2. The largest absolute Gasteiger partial charge is 0.344 e. The number of pyridine rings is 1. The van der Waals surface area contributed by atoms with E-state index in [4.69, 9.17) is 0 Å². The zero-order valence-corrected chi connectivity index (χ0v) is 13.2. The van der Waals surface area contributed by atoms with Crippen LogP contribution >= 0.6 is 0 Å². The molecule has 7 nitrogen and oxygen atoms in total. The Kier molecular flexibility index (Phi) is 3.92. The quantitative estimate of drug-likeness (QED) is 0.688. The number of nitrogens with zero attached hydrogens (tertiary/aromatic N) is 3. The van der Waals surface area contributed by atoms with Crippen molar-refractivity contribution >= 4 is 5.91 Å². The van der Waals surface area contributed by atoms with Gasteiger partial charge in [-0.15, -0.1) is 0 Å². The molecule has 0 bridgehead atoms. The zero-order valence-electron chi connectivity index (χ0n) is 13.2. The molecule has 0 aliphatic carbocycles. The molecule has 118 valence electrons. The fourth-order valence-electron chi connectivity index (χ4n) is 2.65. The first-order valence-electron chi connectivity index (χ1n) is 7.34. The Balaban J connectivity index is 1.76. The maximum absolute atomic E-state index is 12.4. The lowest BCUT2D eigenvalue weighted by molar-refractivity contribution is 0.0934. The topological polar surface area (TPSA) is 99.3 Å². The molecule has 1 unspecified atom stereocenters. The van der Waals surface area contributed by atoms with Gasteiger partial charge in [0.1, 0.15) is 5.69 Å². The van der Waals surface area contributed by atoms with Gasteiger partial charge in [0.15, 0.2) is 0 Å². The molecule has 7 heteroatoms. The molecule has 3 heterocycles. The molecule has 23 heavy (non-hydrogen) atoms. The normalized spacial score (nSPS) is 12.1.